The Morgan fingerprint density at radius 1 is 1.33 bits per heavy atom. The predicted molar refractivity (Wildman–Crippen MR) is 69.5 cm³/mol. The molecule has 0 amide bonds. The van der Waals surface area contributed by atoms with Crippen LogP contribution in [0.2, 0.25) is 0 Å². The molecule has 3 heteroatoms. The van der Waals surface area contributed by atoms with E-state index in [2.05, 4.69) is 26.1 Å². The first-order valence-electron chi connectivity index (χ1n) is 5.96. The maximum Gasteiger partial charge on any atom is 0.145 e. The summed E-state index contributed by atoms with van der Waals surface area (Å²) in [6.45, 7) is 10.4. The van der Waals surface area contributed by atoms with Crippen LogP contribution >= 0.6 is 11.8 Å². The largest absolute Gasteiger partial charge is 0.316 e. The van der Waals surface area contributed by atoms with Crippen LogP contribution < -0.4 is 5.32 Å². The van der Waals surface area contributed by atoms with Crippen LogP contribution in [0.3, 0.4) is 0 Å². The molecule has 0 aliphatic carbocycles. The van der Waals surface area contributed by atoms with Crippen LogP contribution in [-0.2, 0) is 4.79 Å². The van der Waals surface area contributed by atoms with E-state index in [0.29, 0.717) is 18.1 Å². The third-order valence-electron chi connectivity index (χ3n) is 2.24. The number of hydrogen-bond donors (Lipinski definition) is 1. The molecule has 0 aliphatic heterocycles. The number of hydrogen-bond acceptors (Lipinski definition) is 3. The molecule has 0 rings (SSSR count). The molecule has 0 saturated carbocycles. The van der Waals surface area contributed by atoms with Crippen molar-refractivity contribution >= 4 is 17.5 Å². The molecule has 0 unspecified atom stereocenters. The van der Waals surface area contributed by atoms with Gasteiger partial charge in [-0.2, -0.15) is 0 Å². The Bertz CT molecular complexity index is 171. The molecule has 0 fully saturated rings. The van der Waals surface area contributed by atoms with Crippen molar-refractivity contribution in [2.75, 3.05) is 18.8 Å². The van der Waals surface area contributed by atoms with Crippen LogP contribution in [0.25, 0.3) is 0 Å². The van der Waals surface area contributed by atoms with Gasteiger partial charge in [-0.05, 0) is 18.9 Å². The maximum absolute atomic E-state index is 11.7. The second-order valence-corrected chi connectivity index (χ2v) is 5.47. The van der Waals surface area contributed by atoms with Gasteiger partial charge in [0.2, 0.25) is 0 Å². The van der Waals surface area contributed by atoms with Crippen molar-refractivity contribution in [3.05, 3.63) is 0 Å². The fourth-order valence-corrected chi connectivity index (χ4v) is 2.82. The molecule has 90 valence electrons. The summed E-state index contributed by atoms with van der Waals surface area (Å²) in [5, 5.41) is 3.50. The molecule has 0 radical (unpaired) electrons. The summed E-state index contributed by atoms with van der Waals surface area (Å²) in [6.07, 6.45) is 1.69. The average Bonchev–Trinajstić information content (AvgIpc) is 2.21. The minimum atomic E-state index is 0.216. The summed E-state index contributed by atoms with van der Waals surface area (Å²) in [5.74, 6) is 2.05. The molecule has 0 aromatic heterocycles. The van der Waals surface area contributed by atoms with Gasteiger partial charge in [-0.15, -0.1) is 11.8 Å². The van der Waals surface area contributed by atoms with Crippen molar-refractivity contribution in [1.82, 2.24) is 5.32 Å². The molecule has 2 nitrogen and oxygen atoms in total. The highest BCUT2D eigenvalue weighted by molar-refractivity contribution is 8.00. The lowest BCUT2D eigenvalue weighted by molar-refractivity contribution is -0.118. The van der Waals surface area contributed by atoms with Crippen LogP contribution in [0.15, 0.2) is 0 Å². The van der Waals surface area contributed by atoms with E-state index in [-0.39, 0.29) is 5.25 Å². The number of rotatable bonds is 9. The van der Waals surface area contributed by atoms with E-state index in [0.717, 1.165) is 25.3 Å². The Morgan fingerprint density at radius 3 is 2.47 bits per heavy atom. The van der Waals surface area contributed by atoms with Crippen LogP contribution in [0.5, 0.6) is 0 Å². The molecule has 0 heterocycles. The zero-order valence-electron chi connectivity index (χ0n) is 10.5. The van der Waals surface area contributed by atoms with Crippen molar-refractivity contribution in [3.8, 4) is 0 Å². The molecular formula is C12H25NOS. The lowest BCUT2D eigenvalue weighted by Gasteiger charge is -2.16. The zero-order chi connectivity index (χ0) is 11.7. The summed E-state index contributed by atoms with van der Waals surface area (Å²) >= 11 is 1.81. The van der Waals surface area contributed by atoms with Crippen molar-refractivity contribution in [3.63, 3.8) is 0 Å². The highest BCUT2D eigenvalue weighted by atomic mass is 32.2. The van der Waals surface area contributed by atoms with Crippen molar-refractivity contribution < 1.29 is 4.79 Å². The molecular weight excluding hydrogens is 206 g/mol. The number of carbonyl (C=O) groups is 1. The Kier molecular flexibility index (Phi) is 9.21. The third kappa shape index (κ3) is 7.86. The fourth-order valence-electron chi connectivity index (χ4n) is 1.40. The molecule has 1 atom stereocenters. The molecule has 0 aromatic carbocycles. The van der Waals surface area contributed by atoms with Crippen LogP contribution in [-0.4, -0.2) is 29.9 Å². The number of thioether (sulfide) groups is 1. The fraction of sp³-hybridized carbons (Fsp3) is 0.917. The van der Waals surface area contributed by atoms with Gasteiger partial charge >= 0.3 is 0 Å². The second-order valence-electron chi connectivity index (χ2n) is 4.16. The summed E-state index contributed by atoms with van der Waals surface area (Å²) in [4.78, 5) is 11.7. The van der Waals surface area contributed by atoms with Gasteiger partial charge in [-0.25, -0.2) is 0 Å². The normalized spacial score (nSPS) is 13.1. The SMILES string of the molecule is CCNCCS[C@H](CC(C)C)C(=O)CC. The quantitative estimate of drug-likeness (QED) is 0.619. The van der Waals surface area contributed by atoms with Gasteiger partial charge in [0.15, 0.2) is 0 Å². The van der Waals surface area contributed by atoms with Gasteiger partial charge in [0.25, 0.3) is 0 Å². The Hall–Kier alpha value is -0.0200. The number of carbonyl (C=O) groups excluding carboxylic acids is 1. The van der Waals surface area contributed by atoms with E-state index in [9.17, 15) is 4.79 Å². The minimum Gasteiger partial charge on any atom is -0.316 e. The van der Waals surface area contributed by atoms with Gasteiger partial charge in [-0.1, -0.05) is 27.7 Å². The Morgan fingerprint density at radius 2 is 2.00 bits per heavy atom. The maximum atomic E-state index is 11.7. The second kappa shape index (κ2) is 9.22. The summed E-state index contributed by atoms with van der Waals surface area (Å²) in [6, 6.07) is 0. The number of ketones is 1. The number of Topliss-reactive ketones (excluding diaryl/α,β-unsaturated/α-hetero) is 1. The molecule has 0 aliphatic rings. The third-order valence-corrected chi connectivity index (χ3v) is 3.54. The minimum absolute atomic E-state index is 0.216. The van der Waals surface area contributed by atoms with Crippen molar-refractivity contribution in [2.45, 2.75) is 45.8 Å². The Balaban J connectivity index is 3.85. The standard InChI is InChI=1S/C12H25NOS/c1-5-11(14)12(9-10(3)4)15-8-7-13-6-2/h10,12-13H,5-9H2,1-4H3/t12-/m1/s1. The number of nitrogens with one attached hydrogen (secondary N) is 1. The highest BCUT2D eigenvalue weighted by Gasteiger charge is 2.17. The van der Waals surface area contributed by atoms with Gasteiger partial charge in [0.1, 0.15) is 5.78 Å². The summed E-state index contributed by atoms with van der Waals surface area (Å²) < 4.78 is 0. The van der Waals surface area contributed by atoms with Crippen LogP contribution in [0, 0.1) is 5.92 Å². The van der Waals surface area contributed by atoms with Gasteiger partial charge in [-0.3, -0.25) is 4.79 Å². The van der Waals surface area contributed by atoms with E-state index in [1.165, 1.54) is 0 Å². The lowest BCUT2D eigenvalue weighted by atomic mass is 10.0. The zero-order valence-corrected chi connectivity index (χ0v) is 11.3. The average molecular weight is 231 g/mol. The first kappa shape index (κ1) is 15.0. The first-order valence-corrected chi connectivity index (χ1v) is 7.01. The van der Waals surface area contributed by atoms with E-state index < -0.39 is 0 Å². The van der Waals surface area contributed by atoms with E-state index >= 15 is 0 Å². The molecule has 0 bridgehead atoms. The molecule has 1 N–H and O–H groups in total. The first-order chi connectivity index (χ1) is 7.11. The predicted octanol–water partition coefficient (Wildman–Crippen LogP) is 2.72. The summed E-state index contributed by atoms with van der Waals surface area (Å²) in [7, 11) is 0. The molecule has 0 aromatic rings. The van der Waals surface area contributed by atoms with E-state index in [4.69, 9.17) is 0 Å². The molecule has 15 heavy (non-hydrogen) atoms. The highest BCUT2D eigenvalue weighted by Crippen LogP contribution is 2.20. The molecule has 0 spiro atoms. The lowest BCUT2D eigenvalue weighted by Crippen LogP contribution is -2.22. The van der Waals surface area contributed by atoms with Crippen molar-refractivity contribution in [2.24, 2.45) is 5.92 Å². The van der Waals surface area contributed by atoms with Crippen LogP contribution in [0.4, 0.5) is 0 Å². The van der Waals surface area contributed by atoms with Crippen LogP contribution in [0.1, 0.15) is 40.5 Å². The van der Waals surface area contributed by atoms with Gasteiger partial charge < -0.3 is 5.32 Å². The van der Waals surface area contributed by atoms with E-state index in [1.54, 1.807) is 0 Å². The van der Waals surface area contributed by atoms with E-state index in [1.807, 2.05) is 18.7 Å². The molecule has 0 saturated heterocycles. The monoisotopic (exact) mass is 231 g/mol. The smallest absolute Gasteiger partial charge is 0.145 e. The Labute approximate surface area is 98.6 Å². The van der Waals surface area contributed by atoms with Gasteiger partial charge in [0, 0.05) is 18.7 Å². The van der Waals surface area contributed by atoms with Crippen molar-refractivity contribution in [1.29, 1.82) is 0 Å². The summed E-state index contributed by atoms with van der Waals surface area (Å²) in [5.41, 5.74) is 0. The van der Waals surface area contributed by atoms with Gasteiger partial charge in [0.05, 0.1) is 5.25 Å². The topological polar surface area (TPSA) is 29.1 Å².